The maximum atomic E-state index is 12.9. The Balaban J connectivity index is 1.74. The summed E-state index contributed by atoms with van der Waals surface area (Å²) in [5, 5.41) is 8.98. The molecule has 1 aliphatic rings. The molecular weight excluding hydrogens is 330 g/mol. The molecule has 0 spiro atoms. The Bertz CT molecular complexity index is 783. The molecule has 0 saturated carbocycles. The molecule has 2 aromatic rings. The Morgan fingerprint density at radius 3 is 2.38 bits per heavy atom. The first-order valence-electron chi connectivity index (χ1n) is 8.66. The van der Waals surface area contributed by atoms with Crippen LogP contribution in [0, 0.1) is 0 Å². The fourth-order valence-corrected chi connectivity index (χ4v) is 3.19. The van der Waals surface area contributed by atoms with Crippen molar-refractivity contribution in [3.63, 3.8) is 0 Å². The standard InChI is InChI=1S/C21H23NO4/c1-21(2)14-26-18(16-6-4-3-5-7-16)13-22(21)19(23)12-15-8-10-17(11-9-15)20(24)25/h3-11,18H,12-14H2,1-2H3,(H,24,25). The van der Waals surface area contributed by atoms with Gasteiger partial charge in [0.15, 0.2) is 0 Å². The van der Waals surface area contributed by atoms with Crippen molar-refractivity contribution in [1.29, 1.82) is 0 Å². The van der Waals surface area contributed by atoms with E-state index in [0.29, 0.717) is 13.2 Å². The molecule has 1 aliphatic heterocycles. The summed E-state index contributed by atoms with van der Waals surface area (Å²) in [5.41, 5.74) is 1.70. The van der Waals surface area contributed by atoms with Gasteiger partial charge in [0.05, 0.1) is 30.7 Å². The van der Waals surface area contributed by atoms with Crippen molar-refractivity contribution in [3.05, 3.63) is 71.3 Å². The van der Waals surface area contributed by atoms with Gasteiger partial charge < -0.3 is 14.7 Å². The van der Waals surface area contributed by atoms with E-state index in [1.165, 1.54) is 12.1 Å². The normalized spacial score (nSPS) is 19.2. The topological polar surface area (TPSA) is 66.8 Å². The van der Waals surface area contributed by atoms with Crippen LogP contribution in [0.25, 0.3) is 0 Å². The van der Waals surface area contributed by atoms with E-state index in [1.54, 1.807) is 12.1 Å². The van der Waals surface area contributed by atoms with Crippen LogP contribution in [0.1, 0.15) is 41.4 Å². The lowest BCUT2D eigenvalue weighted by molar-refractivity contribution is -0.154. The highest BCUT2D eigenvalue weighted by Gasteiger charge is 2.38. The van der Waals surface area contributed by atoms with Gasteiger partial charge >= 0.3 is 5.97 Å². The molecule has 1 unspecified atom stereocenters. The molecule has 2 aromatic carbocycles. The summed E-state index contributed by atoms with van der Waals surface area (Å²) >= 11 is 0. The lowest BCUT2D eigenvalue weighted by Gasteiger charge is -2.45. The van der Waals surface area contributed by atoms with E-state index in [-0.39, 0.29) is 29.5 Å². The van der Waals surface area contributed by atoms with E-state index in [1.807, 2.05) is 49.1 Å². The van der Waals surface area contributed by atoms with E-state index in [4.69, 9.17) is 9.84 Å². The number of carbonyl (C=O) groups is 2. The number of benzene rings is 2. The summed E-state index contributed by atoms with van der Waals surface area (Å²) in [7, 11) is 0. The molecule has 26 heavy (non-hydrogen) atoms. The van der Waals surface area contributed by atoms with Crippen molar-refractivity contribution in [2.45, 2.75) is 31.9 Å². The zero-order valence-electron chi connectivity index (χ0n) is 15.0. The number of ether oxygens (including phenoxy) is 1. The number of rotatable bonds is 4. The first kappa shape index (κ1) is 18.1. The average Bonchev–Trinajstić information content (AvgIpc) is 2.62. The van der Waals surface area contributed by atoms with Crippen LogP contribution in [-0.2, 0) is 16.0 Å². The molecule has 1 fully saturated rings. The summed E-state index contributed by atoms with van der Waals surface area (Å²) in [6.45, 7) is 4.97. The van der Waals surface area contributed by atoms with E-state index in [9.17, 15) is 9.59 Å². The molecule has 0 aliphatic carbocycles. The zero-order chi connectivity index (χ0) is 18.7. The van der Waals surface area contributed by atoms with Crippen LogP contribution in [0.4, 0.5) is 0 Å². The van der Waals surface area contributed by atoms with Gasteiger partial charge in [0, 0.05) is 0 Å². The molecule has 136 valence electrons. The molecule has 1 atom stereocenters. The van der Waals surface area contributed by atoms with Crippen molar-refractivity contribution in [1.82, 2.24) is 4.90 Å². The Labute approximate surface area is 153 Å². The number of hydrogen-bond acceptors (Lipinski definition) is 3. The van der Waals surface area contributed by atoms with Crippen LogP contribution < -0.4 is 0 Å². The molecule has 1 amide bonds. The SMILES string of the molecule is CC1(C)COC(c2ccccc2)CN1C(=O)Cc1ccc(C(=O)O)cc1. The Hall–Kier alpha value is -2.66. The van der Waals surface area contributed by atoms with Crippen LogP contribution in [0.2, 0.25) is 0 Å². The quantitative estimate of drug-likeness (QED) is 0.916. The highest BCUT2D eigenvalue weighted by atomic mass is 16.5. The van der Waals surface area contributed by atoms with Crippen molar-refractivity contribution in [2.75, 3.05) is 13.2 Å². The smallest absolute Gasteiger partial charge is 0.335 e. The van der Waals surface area contributed by atoms with Crippen molar-refractivity contribution in [3.8, 4) is 0 Å². The van der Waals surface area contributed by atoms with E-state index in [0.717, 1.165) is 11.1 Å². The minimum atomic E-state index is -0.970. The second kappa shape index (κ2) is 7.30. The fourth-order valence-electron chi connectivity index (χ4n) is 3.19. The molecule has 1 heterocycles. The molecular formula is C21H23NO4. The summed E-state index contributed by atoms with van der Waals surface area (Å²) in [5.74, 6) is -0.954. The molecule has 0 bridgehead atoms. The van der Waals surface area contributed by atoms with Crippen molar-refractivity contribution in [2.24, 2.45) is 0 Å². The van der Waals surface area contributed by atoms with Gasteiger partial charge in [0.2, 0.25) is 5.91 Å². The van der Waals surface area contributed by atoms with Gasteiger partial charge in [-0.25, -0.2) is 4.79 Å². The van der Waals surface area contributed by atoms with Gasteiger partial charge in [-0.15, -0.1) is 0 Å². The molecule has 0 radical (unpaired) electrons. The van der Waals surface area contributed by atoms with Gasteiger partial charge in [0.25, 0.3) is 0 Å². The summed E-state index contributed by atoms with van der Waals surface area (Å²) in [4.78, 5) is 25.8. The molecule has 3 rings (SSSR count). The van der Waals surface area contributed by atoms with Crippen LogP contribution >= 0.6 is 0 Å². The van der Waals surface area contributed by atoms with Crippen molar-refractivity contribution >= 4 is 11.9 Å². The van der Waals surface area contributed by atoms with Gasteiger partial charge in [-0.2, -0.15) is 0 Å². The van der Waals surface area contributed by atoms with E-state index in [2.05, 4.69) is 0 Å². The molecule has 5 nitrogen and oxygen atoms in total. The number of amides is 1. The second-order valence-electron chi connectivity index (χ2n) is 7.21. The number of carboxylic acid groups (broad SMARTS) is 1. The van der Waals surface area contributed by atoms with Crippen molar-refractivity contribution < 1.29 is 19.4 Å². The largest absolute Gasteiger partial charge is 0.478 e. The molecule has 1 saturated heterocycles. The summed E-state index contributed by atoms with van der Waals surface area (Å²) in [6, 6.07) is 16.4. The molecule has 5 heteroatoms. The lowest BCUT2D eigenvalue weighted by atomic mass is 9.96. The minimum Gasteiger partial charge on any atom is -0.478 e. The van der Waals surface area contributed by atoms with Gasteiger partial charge in [-0.3, -0.25) is 4.79 Å². The third kappa shape index (κ3) is 3.94. The highest BCUT2D eigenvalue weighted by Crippen LogP contribution is 2.30. The minimum absolute atomic E-state index is 0.0160. The third-order valence-electron chi connectivity index (χ3n) is 4.75. The Morgan fingerprint density at radius 1 is 1.12 bits per heavy atom. The first-order chi connectivity index (χ1) is 12.4. The zero-order valence-corrected chi connectivity index (χ0v) is 15.0. The van der Waals surface area contributed by atoms with Gasteiger partial charge in [-0.1, -0.05) is 42.5 Å². The summed E-state index contributed by atoms with van der Waals surface area (Å²) in [6.07, 6.45) is 0.104. The third-order valence-corrected chi connectivity index (χ3v) is 4.75. The van der Waals surface area contributed by atoms with Gasteiger partial charge in [0.1, 0.15) is 6.10 Å². The maximum absolute atomic E-state index is 12.9. The van der Waals surface area contributed by atoms with Crippen LogP contribution in [0.3, 0.4) is 0 Å². The lowest BCUT2D eigenvalue weighted by Crippen LogP contribution is -2.56. The number of nitrogens with zero attached hydrogens (tertiary/aromatic N) is 1. The van der Waals surface area contributed by atoms with Crippen LogP contribution in [-0.4, -0.2) is 40.6 Å². The monoisotopic (exact) mass is 353 g/mol. The number of morpholine rings is 1. The van der Waals surface area contributed by atoms with E-state index < -0.39 is 5.97 Å². The number of hydrogen-bond donors (Lipinski definition) is 1. The summed E-state index contributed by atoms with van der Waals surface area (Å²) < 4.78 is 5.99. The fraction of sp³-hybridized carbons (Fsp3) is 0.333. The molecule has 0 aromatic heterocycles. The first-order valence-corrected chi connectivity index (χ1v) is 8.66. The number of aromatic carboxylic acids is 1. The maximum Gasteiger partial charge on any atom is 0.335 e. The van der Waals surface area contributed by atoms with Crippen LogP contribution in [0.15, 0.2) is 54.6 Å². The predicted octanol–water partition coefficient (Wildman–Crippen LogP) is 3.31. The highest BCUT2D eigenvalue weighted by molar-refractivity contribution is 5.87. The Morgan fingerprint density at radius 2 is 1.77 bits per heavy atom. The second-order valence-corrected chi connectivity index (χ2v) is 7.21. The van der Waals surface area contributed by atoms with Gasteiger partial charge in [-0.05, 0) is 37.1 Å². The van der Waals surface area contributed by atoms with E-state index >= 15 is 0 Å². The molecule has 1 N–H and O–H groups in total. The number of carboxylic acids is 1. The Kier molecular flexibility index (Phi) is 5.09. The van der Waals surface area contributed by atoms with Crippen LogP contribution in [0.5, 0.6) is 0 Å². The predicted molar refractivity (Wildman–Crippen MR) is 98.0 cm³/mol. The number of carbonyl (C=O) groups excluding carboxylic acids is 1. The average molecular weight is 353 g/mol.